The molecule has 1 heterocycles. The minimum absolute atomic E-state index is 0.388. The molecule has 0 amide bonds. The van der Waals surface area contributed by atoms with Crippen molar-refractivity contribution in [3.8, 4) is 5.88 Å². The molecule has 1 unspecified atom stereocenters. The summed E-state index contributed by atoms with van der Waals surface area (Å²) in [5.74, 6) is 3.24. The van der Waals surface area contributed by atoms with Gasteiger partial charge in [-0.25, -0.2) is 4.98 Å². The molecule has 1 aromatic rings. The van der Waals surface area contributed by atoms with Crippen LogP contribution in [0, 0.1) is 6.92 Å². The van der Waals surface area contributed by atoms with Gasteiger partial charge in [-0.1, -0.05) is 0 Å². The topological polar surface area (TPSA) is 47.0 Å². The van der Waals surface area contributed by atoms with E-state index in [0.717, 1.165) is 17.4 Å². The fourth-order valence-corrected chi connectivity index (χ4v) is 1.96. The van der Waals surface area contributed by atoms with Gasteiger partial charge in [0, 0.05) is 17.9 Å². The van der Waals surface area contributed by atoms with Gasteiger partial charge >= 0.3 is 0 Å². The first-order valence-electron chi connectivity index (χ1n) is 5.39. The summed E-state index contributed by atoms with van der Waals surface area (Å²) in [4.78, 5) is 8.53. The molecule has 0 saturated carbocycles. The van der Waals surface area contributed by atoms with E-state index in [1.165, 1.54) is 0 Å². The number of aromatic nitrogens is 2. The van der Waals surface area contributed by atoms with Crippen LogP contribution in [0.1, 0.15) is 19.7 Å². The lowest BCUT2D eigenvalue weighted by Gasteiger charge is -2.14. The van der Waals surface area contributed by atoms with Gasteiger partial charge in [0.15, 0.2) is 0 Å². The van der Waals surface area contributed by atoms with E-state index in [-0.39, 0.29) is 0 Å². The standard InChI is InChI=1S/C11H19N3OS/c1-5-15-11-6-10(13-9(3)14-11)12-8(2)7-16-4/h6,8H,5,7H2,1-4H3,(H,12,13,14). The van der Waals surface area contributed by atoms with Crippen molar-refractivity contribution in [1.82, 2.24) is 9.97 Å². The number of rotatable bonds is 6. The molecular weight excluding hydrogens is 222 g/mol. The lowest BCUT2D eigenvalue weighted by molar-refractivity contribution is 0.325. The minimum atomic E-state index is 0.388. The Morgan fingerprint density at radius 2 is 2.25 bits per heavy atom. The van der Waals surface area contributed by atoms with E-state index < -0.39 is 0 Å². The number of thioether (sulfide) groups is 1. The van der Waals surface area contributed by atoms with Crippen LogP contribution in [0.5, 0.6) is 5.88 Å². The van der Waals surface area contributed by atoms with Gasteiger partial charge in [0.2, 0.25) is 5.88 Å². The van der Waals surface area contributed by atoms with Gasteiger partial charge in [0.25, 0.3) is 0 Å². The third-order valence-electron chi connectivity index (χ3n) is 1.92. The van der Waals surface area contributed by atoms with Crippen LogP contribution >= 0.6 is 11.8 Å². The summed E-state index contributed by atoms with van der Waals surface area (Å²) in [5, 5.41) is 3.33. The van der Waals surface area contributed by atoms with Crippen LogP contribution in [-0.2, 0) is 0 Å². The Morgan fingerprint density at radius 3 is 2.88 bits per heavy atom. The highest BCUT2D eigenvalue weighted by Gasteiger charge is 2.05. The molecule has 0 bridgehead atoms. The van der Waals surface area contributed by atoms with E-state index in [1.807, 2.05) is 31.7 Å². The van der Waals surface area contributed by atoms with Crippen molar-refractivity contribution in [1.29, 1.82) is 0 Å². The van der Waals surface area contributed by atoms with Gasteiger partial charge in [-0.05, 0) is 27.0 Å². The maximum absolute atomic E-state index is 5.37. The normalized spacial score (nSPS) is 12.2. The van der Waals surface area contributed by atoms with Crippen molar-refractivity contribution >= 4 is 17.6 Å². The van der Waals surface area contributed by atoms with Crippen LogP contribution in [0.2, 0.25) is 0 Å². The van der Waals surface area contributed by atoms with Gasteiger partial charge in [-0.3, -0.25) is 0 Å². The monoisotopic (exact) mass is 241 g/mol. The fraction of sp³-hybridized carbons (Fsp3) is 0.636. The number of hydrogen-bond donors (Lipinski definition) is 1. The first kappa shape index (κ1) is 13.1. The Hall–Kier alpha value is -0.970. The second-order valence-electron chi connectivity index (χ2n) is 3.57. The summed E-state index contributed by atoms with van der Waals surface area (Å²) in [6.07, 6.45) is 2.09. The molecule has 0 saturated heterocycles. The largest absolute Gasteiger partial charge is 0.478 e. The van der Waals surface area contributed by atoms with Crippen LogP contribution in [-0.4, -0.2) is 34.6 Å². The summed E-state index contributed by atoms with van der Waals surface area (Å²) in [7, 11) is 0. The van der Waals surface area contributed by atoms with Crippen LogP contribution in [0.25, 0.3) is 0 Å². The molecule has 0 aliphatic carbocycles. The van der Waals surface area contributed by atoms with E-state index in [0.29, 0.717) is 18.5 Å². The molecular formula is C11H19N3OS. The summed E-state index contributed by atoms with van der Waals surface area (Å²) in [6, 6.07) is 2.23. The van der Waals surface area contributed by atoms with Gasteiger partial charge in [0.1, 0.15) is 11.6 Å². The molecule has 0 aliphatic rings. The maximum atomic E-state index is 5.37. The summed E-state index contributed by atoms with van der Waals surface area (Å²) in [6.45, 7) is 6.57. The summed E-state index contributed by atoms with van der Waals surface area (Å²) >= 11 is 1.81. The predicted molar refractivity (Wildman–Crippen MR) is 69.4 cm³/mol. The Balaban J connectivity index is 2.71. The highest BCUT2D eigenvalue weighted by Crippen LogP contribution is 2.14. The van der Waals surface area contributed by atoms with Crippen molar-refractivity contribution in [3.05, 3.63) is 11.9 Å². The Labute approximate surface area is 101 Å². The van der Waals surface area contributed by atoms with Crippen LogP contribution < -0.4 is 10.1 Å². The molecule has 0 radical (unpaired) electrons. The van der Waals surface area contributed by atoms with Crippen LogP contribution in [0.4, 0.5) is 5.82 Å². The first-order valence-corrected chi connectivity index (χ1v) is 6.79. The maximum Gasteiger partial charge on any atom is 0.218 e. The molecule has 1 aromatic heterocycles. The number of nitrogens with zero attached hydrogens (tertiary/aromatic N) is 2. The molecule has 1 rings (SSSR count). The zero-order valence-electron chi connectivity index (χ0n) is 10.3. The van der Waals surface area contributed by atoms with Gasteiger partial charge in [-0.15, -0.1) is 0 Å². The number of anilines is 1. The Kier molecular flexibility index (Phi) is 5.38. The Morgan fingerprint density at radius 1 is 1.50 bits per heavy atom. The minimum Gasteiger partial charge on any atom is -0.478 e. The highest BCUT2D eigenvalue weighted by molar-refractivity contribution is 7.98. The molecule has 0 spiro atoms. The van der Waals surface area contributed by atoms with Gasteiger partial charge < -0.3 is 10.1 Å². The van der Waals surface area contributed by atoms with E-state index in [4.69, 9.17) is 4.74 Å². The predicted octanol–water partition coefficient (Wildman–Crippen LogP) is 2.35. The van der Waals surface area contributed by atoms with Crippen molar-refractivity contribution in [2.75, 3.05) is 23.9 Å². The summed E-state index contributed by atoms with van der Waals surface area (Å²) < 4.78 is 5.37. The lowest BCUT2D eigenvalue weighted by atomic mass is 10.4. The summed E-state index contributed by atoms with van der Waals surface area (Å²) in [5.41, 5.74) is 0. The molecule has 1 N–H and O–H groups in total. The van der Waals surface area contributed by atoms with Crippen molar-refractivity contribution in [2.24, 2.45) is 0 Å². The molecule has 0 aliphatic heterocycles. The average molecular weight is 241 g/mol. The highest BCUT2D eigenvalue weighted by atomic mass is 32.2. The number of hydrogen-bond acceptors (Lipinski definition) is 5. The van der Waals surface area contributed by atoms with Crippen LogP contribution in [0.3, 0.4) is 0 Å². The van der Waals surface area contributed by atoms with E-state index in [2.05, 4.69) is 28.5 Å². The van der Waals surface area contributed by atoms with E-state index in [9.17, 15) is 0 Å². The second-order valence-corrected chi connectivity index (χ2v) is 4.48. The average Bonchev–Trinajstić information content (AvgIpc) is 2.17. The molecule has 1 atom stereocenters. The fourth-order valence-electron chi connectivity index (χ4n) is 1.38. The third kappa shape index (κ3) is 4.26. The molecule has 4 nitrogen and oxygen atoms in total. The van der Waals surface area contributed by atoms with Crippen molar-refractivity contribution < 1.29 is 4.74 Å². The SMILES string of the molecule is CCOc1cc(NC(C)CSC)nc(C)n1. The lowest BCUT2D eigenvalue weighted by Crippen LogP contribution is -2.19. The van der Waals surface area contributed by atoms with E-state index in [1.54, 1.807) is 0 Å². The smallest absolute Gasteiger partial charge is 0.218 e. The number of aryl methyl sites for hydroxylation is 1. The Bertz CT molecular complexity index is 333. The van der Waals surface area contributed by atoms with Gasteiger partial charge in [0.05, 0.1) is 6.61 Å². The molecule has 5 heteroatoms. The van der Waals surface area contributed by atoms with Crippen LogP contribution in [0.15, 0.2) is 6.07 Å². The molecule has 90 valence electrons. The zero-order chi connectivity index (χ0) is 12.0. The van der Waals surface area contributed by atoms with Crippen molar-refractivity contribution in [3.63, 3.8) is 0 Å². The van der Waals surface area contributed by atoms with E-state index >= 15 is 0 Å². The van der Waals surface area contributed by atoms with Crippen molar-refractivity contribution in [2.45, 2.75) is 26.8 Å². The van der Waals surface area contributed by atoms with Gasteiger partial charge in [-0.2, -0.15) is 16.7 Å². The first-order chi connectivity index (χ1) is 7.65. The molecule has 0 aromatic carbocycles. The third-order valence-corrected chi connectivity index (χ3v) is 2.75. The molecule has 16 heavy (non-hydrogen) atoms. The quantitative estimate of drug-likeness (QED) is 0.828. The number of ether oxygens (including phenoxy) is 1. The zero-order valence-corrected chi connectivity index (χ0v) is 11.1. The molecule has 0 fully saturated rings. The number of nitrogens with one attached hydrogen (secondary N) is 1. The second kappa shape index (κ2) is 6.58.